The number of rotatable bonds is 5. The van der Waals surface area contributed by atoms with Crippen LogP contribution in [0.4, 0.5) is 0 Å². The quantitative estimate of drug-likeness (QED) is 0.833. The molecule has 5 heteroatoms. The van der Waals surface area contributed by atoms with Crippen LogP contribution in [0.5, 0.6) is 0 Å². The lowest BCUT2D eigenvalue weighted by Crippen LogP contribution is -2.09. The van der Waals surface area contributed by atoms with E-state index in [0.29, 0.717) is 11.2 Å². The minimum absolute atomic E-state index is 0.563. The Morgan fingerprint density at radius 2 is 2.22 bits per heavy atom. The van der Waals surface area contributed by atoms with Gasteiger partial charge in [-0.15, -0.1) is 0 Å². The summed E-state index contributed by atoms with van der Waals surface area (Å²) in [5.74, 6) is 1.90. The number of hydrogen-bond acceptors (Lipinski definition) is 4. The van der Waals surface area contributed by atoms with Crippen molar-refractivity contribution in [1.82, 2.24) is 9.97 Å². The minimum Gasteiger partial charge on any atom is -0.378 e. The van der Waals surface area contributed by atoms with Crippen LogP contribution in [-0.2, 0) is 17.1 Å². The highest BCUT2D eigenvalue weighted by atomic mass is 32.2. The summed E-state index contributed by atoms with van der Waals surface area (Å²) in [6.07, 6.45) is 6.86. The van der Waals surface area contributed by atoms with Crippen molar-refractivity contribution in [3.05, 3.63) is 22.2 Å². The number of hydrogen-bond donors (Lipinski definition) is 1. The van der Waals surface area contributed by atoms with Gasteiger partial charge in [-0.3, -0.25) is 0 Å². The second-order valence-electron chi connectivity index (χ2n) is 4.70. The molecule has 3 nitrogen and oxygen atoms in total. The van der Waals surface area contributed by atoms with Crippen molar-refractivity contribution in [3.63, 3.8) is 0 Å². The molecule has 18 heavy (non-hydrogen) atoms. The van der Waals surface area contributed by atoms with Gasteiger partial charge in [-0.05, 0) is 18.9 Å². The highest BCUT2D eigenvalue weighted by molar-refractivity contribution is 7.99. The Morgan fingerprint density at radius 1 is 1.44 bits per heavy atom. The van der Waals surface area contributed by atoms with Gasteiger partial charge >= 0.3 is 0 Å². The van der Waals surface area contributed by atoms with E-state index in [9.17, 15) is 0 Å². The van der Waals surface area contributed by atoms with Crippen LogP contribution < -0.4 is 0 Å². The Kier molecular flexibility index (Phi) is 5.66. The molecule has 1 aromatic heterocycles. The molecular formula is C13H20N2OS2. The molecule has 1 aromatic rings. The van der Waals surface area contributed by atoms with E-state index in [1.807, 2.05) is 17.8 Å². The monoisotopic (exact) mass is 284 g/mol. The number of thioether (sulfide) groups is 1. The van der Waals surface area contributed by atoms with Gasteiger partial charge in [0.25, 0.3) is 0 Å². The van der Waals surface area contributed by atoms with Crippen molar-refractivity contribution < 1.29 is 4.74 Å². The van der Waals surface area contributed by atoms with Crippen molar-refractivity contribution in [3.8, 4) is 0 Å². The molecule has 0 amide bonds. The van der Waals surface area contributed by atoms with Gasteiger partial charge in [0.05, 0.1) is 12.4 Å². The molecule has 1 aliphatic rings. The number of aromatic nitrogens is 2. The van der Waals surface area contributed by atoms with Gasteiger partial charge in [0.2, 0.25) is 0 Å². The summed E-state index contributed by atoms with van der Waals surface area (Å²) in [4.78, 5) is 7.69. The van der Waals surface area contributed by atoms with E-state index < -0.39 is 0 Å². The van der Waals surface area contributed by atoms with Gasteiger partial charge in [0.1, 0.15) is 10.5 Å². The van der Waals surface area contributed by atoms with Crippen LogP contribution in [0.1, 0.15) is 43.6 Å². The van der Waals surface area contributed by atoms with E-state index in [1.54, 1.807) is 7.11 Å². The van der Waals surface area contributed by atoms with Crippen molar-refractivity contribution in [2.24, 2.45) is 0 Å². The highest BCUT2D eigenvalue weighted by Crippen LogP contribution is 2.29. The Bertz CT molecular complexity index is 427. The molecule has 1 aliphatic carbocycles. The van der Waals surface area contributed by atoms with Gasteiger partial charge in [-0.2, -0.15) is 11.8 Å². The fraction of sp³-hybridized carbons (Fsp3) is 0.692. The first-order valence-electron chi connectivity index (χ1n) is 6.47. The third-order valence-electron chi connectivity index (χ3n) is 3.16. The number of ether oxygens (including phenoxy) is 1. The summed E-state index contributed by atoms with van der Waals surface area (Å²) >= 11 is 7.18. The van der Waals surface area contributed by atoms with E-state index in [-0.39, 0.29) is 0 Å². The van der Waals surface area contributed by atoms with Crippen LogP contribution in [0, 0.1) is 4.64 Å². The zero-order valence-corrected chi connectivity index (χ0v) is 12.4. The van der Waals surface area contributed by atoms with Gasteiger partial charge < -0.3 is 9.72 Å². The molecular weight excluding hydrogens is 264 g/mol. The summed E-state index contributed by atoms with van der Waals surface area (Å²) in [5.41, 5.74) is 1.01. The first-order valence-corrected chi connectivity index (χ1v) is 7.93. The standard InChI is InChI=1S/C13H20N2OS2/c1-16-8-10-7-13(17)15-12(14-10)9-18-11-5-3-2-4-6-11/h7,11H,2-6,8-9H2,1H3,(H,14,15,17). The zero-order valence-electron chi connectivity index (χ0n) is 10.8. The maximum Gasteiger partial charge on any atom is 0.130 e. The lowest BCUT2D eigenvalue weighted by molar-refractivity contribution is 0.181. The van der Waals surface area contributed by atoms with Crippen LogP contribution in [0.2, 0.25) is 0 Å². The van der Waals surface area contributed by atoms with Crippen molar-refractivity contribution >= 4 is 24.0 Å². The number of methoxy groups -OCH3 is 1. The summed E-state index contributed by atoms with van der Waals surface area (Å²) < 4.78 is 5.77. The number of H-pyrrole nitrogens is 1. The van der Waals surface area contributed by atoms with E-state index >= 15 is 0 Å². The summed E-state index contributed by atoms with van der Waals surface area (Å²) in [6.45, 7) is 0.563. The summed E-state index contributed by atoms with van der Waals surface area (Å²) in [5, 5.41) is 0.800. The largest absolute Gasteiger partial charge is 0.378 e. The maximum atomic E-state index is 5.18. The molecule has 0 aliphatic heterocycles. The maximum absolute atomic E-state index is 5.18. The Hall–Kier alpha value is -0.390. The first-order chi connectivity index (χ1) is 8.78. The summed E-state index contributed by atoms with van der Waals surface area (Å²) in [7, 11) is 1.69. The molecule has 0 spiro atoms. The Balaban J connectivity index is 1.93. The molecule has 1 heterocycles. The third kappa shape index (κ3) is 4.37. The Morgan fingerprint density at radius 3 is 2.94 bits per heavy atom. The van der Waals surface area contributed by atoms with E-state index in [4.69, 9.17) is 17.0 Å². The molecule has 0 saturated heterocycles. The molecule has 1 fully saturated rings. The molecule has 0 unspecified atom stereocenters. The third-order valence-corrected chi connectivity index (χ3v) is 4.75. The normalized spacial score (nSPS) is 16.9. The van der Waals surface area contributed by atoms with E-state index in [1.165, 1.54) is 32.1 Å². The molecule has 0 aromatic carbocycles. The zero-order chi connectivity index (χ0) is 12.8. The first kappa shape index (κ1) is 14.0. The predicted molar refractivity (Wildman–Crippen MR) is 78.3 cm³/mol. The molecule has 0 radical (unpaired) electrons. The molecule has 100 valence electrons. The minimum atomic E-state index is 0.563. The average molecular weight is 284 g/mol. The van der Waals surface area contributed by atoms with Crippen LogP contribution in [0.15, 0.2) is 6.07 Å². The number of nitrogens with zero attached hydrogens (tertiary/aromatic N) is 1. The average Bonchev–Trinajstić information content (AvgIpc) is 2.37. The van der Waals surface area contributed by atoms with E-state index in [2.05, 4.69) is 9.97 Å². The SMILES string of the molecule is COCc1cc(=S)nc(CSC2CCCCC2)[nH]1. The second kappa shape index (κ2) is 7.26. The molecule has 2 rings (SSSR count). The van der Waals surface area contributed by atoms with Crippen LogP contribution in [0.3, 0.4) is 0 Å². The van der Waals surface area contributed by atoms with Gasteiger partial charge in [-0.1, -0.05) is 31.5 Å². The van der Waals surface area contributed by atoms with Gasteiger partial charge in [0.15, 0.2) is 0 Å². The van der Waals surface area contributed by atoms with Crippen molar-refractivity contribution in [2.45, 2.75) is 49.7 Å². The van der Waals surface area contributed by atoms with Crippen LogP contribution in [0.25, 0.3) is 0 Å². The topological polar surface area (TPSA) is 37.9 Å². The van der Waals surface area contributed by atoms with Crippen molar-refractivity contribution in [1.29, 1.82) is 0 Å². The number of nitrogens with one attached hydrogen (secondary N) is 1. The summed E-state index contributed by atoms with van der Waals surface area (Å²) in [6, 6.07) is 1.87. The smallest absolute Gasteiger partial charge is 0.130 e. The molecule has 1 saturated carbocycles. The van der Waals surface area contributed by atoms with Crippen LogP contribution in [-0.4, -0.2) is 22.3 Å². The highest BCUT2D eigenvalue weighted by Gasteiger charge is 2.14. The fourth-order valence-corrected chi connectivity index (χ4v) is 3.74. The molecule has 0 atom stereocenters. The fourth-order valence-electron chi connectivity index (χ4n) is 2.29. The molecule has 1 N–H and O–H groups in total. The van der Waals surface area contributed by atoms with Crippen LogP contribution >= 0.6 is 24.0 Å². The lowest BCUT2D eigenvalue weighted by atomic mass is 10.0. The molecule has 0 bridgehead atoms. The number of aromatic amines is 1. The lowest BCUT2D eigenvalue weighted by Gasteiger charge is -2.20. The van der Waals surface area contributed by atoms with Gasteiger partial charge in [-0.25, -0.2) is 4.98 Å². The van der Waals surface area contributed by atoms with Crippen molar-refractivity contribution in [2.75, 3.05) is 7.11 Å². The second-order valence-corrected chi connectivity index (χ2v) is 6.40. The predicted octanol–water partition coefficient (Wildman–Crippen LogP) is 3.85. The van der Waals surface area contributed by atoms with Gasteiger partial charge in [0, 0.05) is 18.1 Å². The Labute approximate surface area is 118 Å². The van der Waals surface area contributed by atoms with E-state index in [0.717, 1.165) is 22.5 Å².